The highest BCUT2D eigenvalue weighted by atomic mass is 16.6. The van der Waals surface area contributed by atoms with Crippen molar-refractivity contribution in [1.29, 1.82) is 0 Å². The lowest BCUT2D eigenvalue weighted by Gasteiger charge is -2.31. The molecule has 0 bridgehead atoms. The van der Waals surface area contributed by atoms with Crippen LogP contribution in [0, 0.1) is 0 Å². The lowest BCUT2D eigenvalue weighted by molar-refractivity contribution is 0.0932. The molecule has 1 aliphatic carbocycles. The van der Waals surface area contributed by atoms with Crippen LogP contribution < -0.4 is 10.6 Å². The predicted octanol–water partition coefficient (Wildman–Crippen LogP) is 3.57. The number of nitrogens with one attached hydrogen (secondary N) is 2. The number of hydrogen-bond acceptors (Lipinski definition) is 5. The number of carbonyl (C=O) groups is 2. The average Bonchev–Trinajstić information content (AvgIpc) is 2.98. The molecule has 0 atom stereocenters. The quantitative estimate of drug-likeness (QED) is 0.754. The highest BCUT2D eigenvalue weighted by molar-refractivity contribution is 5.94. The second-order valence-corrected chi connectivity index (χ2v) is 7.70. The number of likely N-dealkylation sites (tertiary alicyclic amines) is 1. The van der Waals surface area contributed by atoms with Gasteiger partial charge in [-0.1, -0.05) is 25.7 Å². The highest BCUT2D eigenvalue weighted by Crippen LogP contribution is 2.19. The summed E-state index contributed by atoms with van der Waals surface area (Å²) in [5.41, 5.74) is 0.604. The number of amides is 2. The minimum Gasteiger partial charge on any atom is -0.450 e. The summed E-state index contributed by atoms with van der Waals surface area (Å²) >= 11 is 0. The number of rotatable bonds is 5. The zero-order chi connectivity index (χ0) is 19.8. The van der Waals surface area contributed by atoms with Gasteiger partial charge in [-0.05, 0) is 44.7 Å². The third-order valence-electron chi connectivity index (χ3n) is 5.59. The van der Waals surface area contributed by atoms with E-state index in [9.17, 15) is 9.59 Å². The molecule has 7 heteroatoms. The molecule has 0 aromatic carbocycles. The van der Waals surface area contributed by atoms with E-state index in [2.05, 4.69) is 15.6 Å². The molecule has 2 amide bonds. The molecule has 2 aliphatic rings. The number of aromatic nitrogens is 1. The zero-order valence-electron chi connectivity index (χ0n) is 16.8. The van der Waals surface area contributed by atoms with Crippen molar-refractivity contribution in [3.8, 4) is 0 Å². The Morgan fingerprint density at radius 2 is 1.79 bits per heavy atom. The number of carbonyl (C=O) groups excluding carboxylic acids is 2. The molecule has 0 radical (unpaired) electrons. The summed E-state index contributed by atoms with van der Waals surface area (Å²) in [6.45, 7) is 3.58. The summed E-state index contributed by atoms with van der Waals surface area (Å²) in [4.78, 5) is 30.4. The van der Waals surface area contributed by atoms with Crippen LogP contribution >= 0.6 is 0 Å². The Morgan fingerprint density at radius 1 is 1.07 bits per heavy atom. The Hall–Kier alpha value is -2.31. The molecule has 7 nitrogen and oxygen atoms in total. The van der Waals surface area contributed by atoms with Gasteiger partial charge in [0.15, 0.2) is 0 Å². The first-order valence-electron chi connectivity index (χ1n) is 10.6. The van der Waals surface area contributed by atoms with E-state index in [1.54, 1.807) is 11.1 Å². The number of piperidine rings is 1. The van der Waals surface area contributed by atoms with Crippen LogP contribution in [0.3, 0.4) is 0 Å². The van der Waals surface area contributed by atoms with E-state index in [0.29, 0.717) is 25.3 Å². The molecule has 0 unspecified atom stereocenters. The Balaban J connectivity index is 1.45. The Labute approximate surface area is 167 Å². The van der Waals surface area contributed by atoms with Crippen molar-refractivity contribution in [3.63, 3.8) is 0 Å². The largest absolute Gasteiger partial charge is 0.450 e. The molecule has 1 aromatic heterocycles. The predicted molar refractivity (Wildman–Crippen MR) is 108 cm³/mol. The first-order valence-corrected chi connectivity index (χ1v) is 10.6. The van der Waals surface area contributed by atoms with Crippen LogP contribution in [0.25, 0.3) is 0 Å². The molecule has 0 spiro atoms. The summed E-state index contributed by atoms with van der Waals surface area (Å²) in [6.07, 6.45) is 10.2. The van der Waals surface area contributed by atoms with Crippen LogP contribution in [0.2, 0.25) is 0 Å². The smallest absolute Gasteiger partial charge is 0.409 e. The van der Waals surface area contributed by atoms with Gasteiger partial charge in [0.25, 0.3) is 5.91 Å². The third kappa shape index (κ3) is 5.84. The molecule has 154 valence electrons. The van der Waals surface area contributed by atoms with Crippen LogP contribution in [0.1, 0.15) is 68.6 Å². The Bertz CT molecular complexity index is 634. The standard InChI is InChI=1S/C21H32N4O3/c1-2-28-21(27)25-13-11-18(12-14-25)23-19-10-9-16(15-22-19)20(26)24-17-7-5-3-4-6-8-17/h9-10,15,17-18H,2-8,11-14H2,1H3,(H,22,23)(H,24,26). The number of nitrogens with zero attached hydrogens (tertiary/aromatic N) is 2. The van der Waals surface area contributed by atoms with Crippen LogP contribution in [0.15, 0.2) is 18.3 Å². The minimum atomic E-state index is -0.233. The molecule has 1 aliphatic heterocycles. The van der Waals surface area contributed by atoms with E-state index < -0.39 is 0 Å². The molecule has 1 saturated heterocycles. The normalized spacial score (nSPS) is 19.0. The van der Waals surface area contributed by atoms with Gasteiger partial charge in [0, 0.05) is 31.4 Å². The van der Waals surface area contributed by atoms with E-state index >= 15 is 0 Å². The van der Waals surface area contributed by atoms with Gasteiger partial charge >= 0.3 is 6.09 Å². The lowest BCUT2D eigenvalue weighted by Crippen LogP contribution is -2.42. The molecular weight excluding hydrogens is 356 g/mol. The molecule has 3 rings (SSSR count). The first-order chi connectivity index (χ1) is 13.7. The Kier molecular flexibility index (Phi) is 7.51. The fourth-order valence-electron chi connectivity index (χ4n) is 3.94. The second-order valence-electron chi connectivity index (χ2n) is 7.70. The van der Waals surface area contributed by atoms with Gasteiger partial charge in [-0.2, -0.15) is 0 Å². The zero-order valence-corrected chi connectivity index (χ0v) is 16.8. The average molecular weight is 389 g/mol. The molecule has 28 heavy (non-hydrogen) atoms. The first kappa shape index (κ1) is 20.4. The van der Waals surface area contributed by atoms with Crippen LogP contribution in [0.5, 0.6) is 0 Å². The van der Waals surface area contributed by atoms with Crippen molar-refractivity contribution in [1.82, 2.24) is 15.2 Å². The van der Waals surface area contributed by atoms with E-state index in [-0.39, 0.29) is 24.1 Å². The number of anilines is 1. The van der Waals surface area contributed by atoms with Crippen LogP contribution in [-0.4, -0.2) is 53.7 Å². The molecule has 1 aromatic rings. The molecular formula is C21H32N4O3. The van der Waals surface area contributed by atoms with Crippen molar-refractivity contribution in [2.45, 2.75) is 70.4 Å². The fraction of sp³-hybridized carbons (Fsp3) is 0.667. The summed E-state index contributed by atoms with van der Waals surface area (Å²) in [6, 6.07) is 4.25. The maximum Gasteiger partial charge on any atom is 0.409 e. The summed E-state index contributed by atoms with van der Waals surface area (Å²) in [7, 11) is 0. The highest BCUT2D eigenvalue weighted by Gasteiger charge is 2.23. The third-order valence-corrected chi connectivity index (χ3v) is 5.59. The van der Waals surface area contributed by atoms with Gasteiger partial charge in [0.2, 0.25) is 0 Å². The molecule has 1 saturated carbocycles. The molecule has 2 heterocycles. The number of ether oxygens (including phenoxy) is 1. The van der Waals surface area contributed by atoms with E-state index in [4.69, 9.17) is 4.74 Å². The van der Waals surface area contributed by atoms with Gasteiger partial charge in [-0.3, -0.25) is 4.79 Å². The van der Waals surface area contributed by atoms with Gasteiger partial charge in [-0.25, -0.2) is 9.78 Å². The van der Waals surface area contributed by atoms with Gasteiger partial charge in [0.05, 0.1) is 12.2 Å². The maximum atomic E-state index is 12.5. The van der Waals surface area contributed by atoms with E-state index in [1.807, 2.05) is 19.1 Å². The number of pyridine rings is 1. The monoisotopic (exact) mass is 388 g/mol. The van der Waals surface area contributed by atoms with Crippen molar-refractivity contribution in [2.75, 3.05) is 25.0 Å². The van der Waals surface area contributed by atoms with Crippen molar-refractivity contribution >= 4 is 17.8 Å². The number of hydrogen-bond donors (Lipinski definition) is 2. The van der Waals surface area contributed by atoms with Crippen molar-refractivity contribution < 1.29 is 14.3 Å². The summed E-state index contributed by atoms with van der Waals surface area (Å²) < 4.78 is 5.05. The van der Waals surface area contributed by atoms with Crippen LogP contribution in [-0.2, 0) is 4.74 Å². The lowest BCUT2D eigenvalue weighted by atomic mass is 10.1. The van der Waals surface area contributed by atoms with Gasteiger partial charge < -0.3 is 20.3 Å². The second kappa shape index (κ2) is 10.3. The molecule has 2 N–H and O–H groups in total. The van der Waals surface area contributed by atoms with E-state index in [1.165, 1.54) is 25.7 Å². The van der Waals surface area contributed by atoms with Gasteiger partial charge in [0.1, 0.15) is 5.82 Å². The Morgan fingerprint density at radius 3 is 2.39 bits per heavy atom. The fourth-order valence-corrected chi connectivity index (χ4v) is 3.94. The van der Waals surface area contributed by atoms with Crippen molar-refractivity contribution in [3.05, 3.63) is 23.9 Å². The van der Waals surface area contributed by atoms with Crippen molar-refractivity contribution in [2.24, 2.45) is 0 Å². The van der Waals surface area contributed by atoms with Gasteiger partial charge in [-0.15, -0.1) is 0 Å². The van der Waals surface area contributed by atoms with E-state index in [0.717, 1.165) is 31.5 Å². The minimum absolute atomic E-state index is 0.0336. The molecule has 2 fully saturated rings. The SMILES string of the molecule is CCOC(=O)N1CCC(Nc2ccc(C(=O)NC3CCCCCC3)cn2)CC1. The summed E-state index contributed by atoms with van der Waals surface area (Å²) in [5.74, 6) is 0.731. The topological polar surface area (TPSA) is 83.6 Å². The summed E-state index contributed by atoms with van der Waals surface area (Å²) in [5, 5.41) is 6.56. The van der Waals surface area contributed by atoms with Crippen LogP contribution in [0.4, 0.5) is 10.6 Å². The maximum absolute atomic E-state index is 12.5.